The molecule has 0 saturated carbocycles. The molecule has 26 radical (unpaired) electrons. The van der Waals surface area contributed by atoms with Crippen molar-refractivity contribution in [2.75, 3.05) is 0 Å². The molecule has 0 atom stereocenters. The summed E-state index contributed by atoms with van der Waals surface area (Å²) in [5.74, 6) is 0.778. The van der Waals surface area contributed by atoms with E-state index in [0.717, 1.165) is 28.1 Å². The quantitative estimate of drug-likeness (QED) is 0.132. The molecule has 0 N–H and O–H groups in total. The van der Waals surface area contributed by atoms with Crippen molar-refractivity contribution in [1.29, 1.82) is 0 Å². The third-order valence-electron chi connectivity index (χ3n) is 11.5. The Kier molecular flexibility index (Phi) is 9.97. The summed E-state index contributed by atoms with van der Waals surface area (Å²) >= 11 is 0. The first-order valence-corrected chi connectivity index (χ1v) is 18.8. The van der Waals surface area contributed by atoms with Crippen LogP contribution in [0.1, 0.15) is 0 Å². The summed E-state index contributed by atoms with van der Waals surface area (Å²) in [7, 11) is 86.3. The van der Waals surface area contributed by atoms with Crippen LogP contribution in [0.4, 0.5) is 0 Å². The Morgan fingerprint density at radius 1 is 0.317 bits per heavy atom. The van der Waals surface area contributed by atoms with E-state index in [1.165, 1.54) is 0 Å². The normalized spacial score (nSPS) is 11.5. The van der Waals surface area contributed by atoms with Crippen molar-refractivity contribution in [1.82, 2.24) is 9.55 Å². The first-order valence-electron chi connectivity index (χ1n) is 18.8. The van der Waals surface area contributed by atoms with Crippen molar-refractivity contribution in [3.05, 3.63) is 103 Å². The van der Waals surface area contributed by atoms with Gasteiger partial charge in [-0.3, -0.25) is 4.57 Å². The average molecular weight is 726 g/mol. The van der Waals surface area contributed by atoms with Gasteiger partial charge in [0.05, 0.1) is 11.0 Å². The Morgan fingerprint density at radius 2 is 0.717 bits per heavy atom. The predicted molar refractivity (Wildman–Crippen MR) is 268 cm³/mol. The number of fused-ring (bicyclic) bond motifs is 3. The molecule has 9 rings (SSSR count). The van der Waals surface area contributed by atoms with Crippen LogP contribution < -0.4 is 71.0 Å². The lowest BCUT2D eigenvalue weighted by atomic mass is 9.59. The van der Waals surface area contributed by atoms with E-state index in [9.17, 15) is 0 Å². The molecule has 0 saturated heterocycles. The second-order valence-electron chi connectivity index (χ2n) is 14.8. The van der Waals surface area contributed by atoms with Crippen molar-refractivity contribution < 1.29 is 0 Å². The fourth-order valence-corrected chi connectivity index (χ4v) is 8.36. The zero-order valence-corrected chi connectivity index (χ0v) is 32.2. The van der Waals surface area contributed by atoms with Gasteiger partial charge in [0, 0.05) is 11.3 Å². The average Bonchev–Trinajstić information content (AvgIpc) is 3.66. The number of nitrogens with zero attached hydrogens (tertiary/aromatic N) is 2. The molecule has 0 fully saturated rings. The van der Waals surface area contributed by atoms with E-state index < -0.39 is 0 Å². The molecule has 1 aromatic heterocycles. The molecule has 0 bridgehead atoms. The van der Waals surface area contributed by atoms with E-state index >= 15 is 0 Å². The number of benzene rings is 8. The molecule has 0 aliphatic rings. The molecule has 1 heterocycles. The molecule has 0 aliphatic carbocycles. The Bertz CT molecular complexity index is 3180. The van der Waals surface area contributed by atoms with E-state index in [4.69, 9.17) is 107 Å². The summed E-state index contributed by atoms with van der Waals surface area (Å²) in [6.07, 6.45) is 0. The molecule has 246 valence electrons. The van der Waals surface area contributed by atoms with Crippen LogP contribution in [-0.4, -0.2) is 112 Å². The van der Waals surface area contributed by atoms with Gasteiger partial charge >= 0.3 is 0 Å². The summed E-state index contributed by atoms with van der Waals surface area (Å²) < 4.78 is 2.11. The third kappa shape index (κ3) is 5.93. The van der Waals surface area contributed by atoms with Crippen LogP contribution in [0.5, 0.6) is 0 Å². The van der Waals surface area contributed by atoms with Gasteiger partial charge in [-0.25, -0.2) is 4.98 Å². The lowest BCUT2D eigenvalue weighted by Gasteiger charge is -2.29. The Labute approximate surface area is 366 Å². The van der Waals surface area contributed by atoms with Crippen LogP contribution in [0.25, 0.3) is 83.0 Å². The summed E-state index contributed by atoms with van der Waals surface area (Å²) in [5.41, 5.74) is 8.49. The standard InChI is InChI=1S/C45H17B13N2/c46-32-27(33(47)39(53)44(58)38(32)52)21-10-6-9-20(17-21)26-30-28(34(48)40(54)42(56)36(30)50)25(29-31(26)37(51)43(57)41(55)35(29)49)18-13-15-22(16-14-18)60-24-12-5-4-11-23(24)59-45(60)19-7-2-1-3-8-19/h1-17H. The van der Waals surface area contributed by atoms with Gasteiger partial charge < -0.3 is 0 Å². The molecule has 9 aromatic rings. The van der Waals surface area contributed by atoms with Gasteiger partial charge in [0.1, 0.15) is 108 Å². The van der Waals surface area contributed by atoms with Crippen molar-refractivity contribution >= 4 is 206 Å². The highest BCUT2D eigenvalue weighted by Gasteiger charge is 2.25. The van der Waals surface area contributed by atoms with Gasteiger partial charge in [-0.15, -0.1) is 38.2 Å². The Morgan fingerprint density at radius 3 is 1.23 bits per heavy atom. The highest BCUT2D eigenvalue weighted by atomic mass is 15.1. The molecule has 8 aromatic carbocycles. The van der Waals surface area contributed by atoms with Gasteiger partial charge in [0.15, 0.2) is 0 Å². The number of hydrogen-bond acceptors (Lipinski definition) is 1. The third-order valence-corrected chi connectivity index (χ3v) is 11.5. The summed E-state index contributed by atoms with van der Waals surface area (Å²) in [6.45, 7) is 0. The Hall–Kier alpha value is -5.41. The van der Waals surface area contributed by atoms with Gasteiger partial charge in [0.2, 0.25) is 0 Å². The molecular weight excluding hydrogens is 709 g/mol. The van der Waals surface area contributed by atoms with Crippen molar-refractivity contribution in [2.45, 2.75) is 0 Å². The van der Waals surface area contributed by atoms with Gasteiger partial charge in [-0.1, -0.05) is 106 Å². The van der Waals surface area contributed by atoms with Gasteiger partial charge in [0.25, 0.3) is 0 Å². The maximum atomic E-state index is 7.01. The van der Waals surface area contributed by atoms with E-state index in [2.05, 4.69) is 4.57 Å². The summed E-state index contributed by atoms with van der Waals surface area (Å²) in [5, 5.41) is 1.83. The molecule has 0 aliphatic heterocycles. The molecular formula is C45H17B13N2. The largest absolute Gasteiger partial charge is 0.292 e. The maximum Gasteiger partial charge on any atom is 0.145 e. The number of aromatic nitrogens is 2. The number of imidazole rings is 1. The van der Waals surface area contributed by atoms with Crippen molar-refractivity contribution in [3.8, 4) is 50.5 Å². The maximum absolute atomic E-state index is 7.01. The second kappa shape index (κ2) is 14.9. The first-order chi connectivity index (χ1) is 28.7. The van der Waals surface area contributed by atoms with Crippen LogP contribution in [0.2, 0.25) is 0 Å². The molecule has 60 heavy (non-hydrogen) atoms. The smallest absolute Gasteiger partial charge is 0.145 e. The SMILES string of the molecule is [B]c1c([B])c([B])c(-c2cccc(-c3c4c([B])c([B])c([B])c([B])c4c(-c4ccc(-n5c(-c6ccccc6)nc6ccccc65)cc4)c4c([B])c([B])c([B])c([B])c34)c2)c([B])c1[B]. The van der Waals surface area contributed by atoms with Crippen molar-refractivity contribution in [3.63, 3.8) is 0 Å². The Balaban J connectivity index is 1.38. The fourth-order valence-electron chi connectivity index (χ4n) is 8.36. The minimum atomic E-state index is 0.0843. The highest BCUT2D eigenvalue weighted by molar-refractivity contribution is 6.72. The van der Waals surface area contributed by atoms with Crippen molar-refractivity contribution in [2.24, 2.45) is 0 Å². The monoisotopic (exact) mass is 728 g/mol. The van der Waals surface area contributed by atoms with Crippen LogP contribution in [-0.2, 0) is 0 Å². The van der Waals surface area contributed by atoms with Gasteiger partial charge in [-0.2, -0.15) is 0 Å². The van der Waals surface area contributed by atoms with Gasteiger partial charge in [-0.05, 0) is 85.3 Å². The van der Waals surface area contributed by atoms with Crippen LogP contribution in [0.3, 0.4) is 0 Å². The first kappa shape index (κ1) is 40.0. The lowest BCUT2D eigenvalue weighted by Crippen LogP contribution is -2.55. The number of rotatable bonds is 5. The minimum absolute atomic E-state index is 0.0843. The summed E-state index contributed by atoms with van der Waals surface area (Å²) in [6, 6.07) is 33.2. The summed E-state index contributed by atoms with van der Waals surface area (Å²) in [4.78, 5) is 5.00. The lowest BCUT2D eigenvalue weighted by molar-refractivity contribution is 1.10. The number of hydrogen-bond donors (Lipinski definition) is 0. The van der Waals surface area contributed by atoms with E-state index in [1.807, 2.05) is 97.1 Å². The van der Waals surface area contributed by atoms with Crippen LogP contribution >= 0.6 is 0 Å². The highest BCUT2D eigenvalue weighted by Crippen LogP contribution is 2.42. The second-order valence-corrected chi connectivity index (χ2v) is 14.8. The predicted octanol–water partition coefficient (Wildman–Crippen LogP) is -3.68. The molecule has 0 amide bonds. The number of para-hydroxylation sites is 2. The molecule has 0 unspecified atom stereocenters. The fraction of sp³-hybridized carbons (Fsp3) is 0. The molecule has 15 heteroatoms. The zero-order chi connectivity index (χ0) is 42.5. The zero-order valence-electron chi connectivity index (χ0n) is 32.2. The van der Waals surface area contributed by atoms with E-state index in [1.54, 1.807) is 6.07 Å². The molecule has 2 nitrogen and oxygen atoms in total. The van der Waals surface area contributed by atoms with E-state index in [0.29, 0.717) is 54.9 Å². The molecule has 0 spiro atoms. The van der Waals surface area contributed by atoms with Crippen LogP contribution in [0, 0.1) is 0 Å². The minimum Gasteiger partial charge on any atom is -0.292 e. The van der Waals surface area contributed by atoms with E-state index in [-0.39, 0.29) is 71.0 Å². The van der Waals surface area contributed by atoms with Crippen LogP contribution in [0.15, 0.2) is 103 Å². The topological polar surface area (TPSA) is 17.8 Å².